The molecule has 166 valence electrons. The molecule has 2 aliphatic heterocycles. The van der Waals surface area contributed by atoms with E-state index in [9.17, 15) is 18.0 Å². The van der Waals surface area contributed by atoms with Gasteiger partial charge in [-0.05, 0) is 37.5 Å². The molecule has 0 aliphatic carbocycles. The molecule has 2 N–H and O–H groups in total. The molecule has 0 bridgehead atoms. The first-order valence-corrected chi connectivity index (χ1v) is 12.2. The Bertz CT molecular complexity index is 904. The van der Waals surface area contributed by atoms with Crippen LogP contribution in [0.2, 0.25) is 0 Å². The van der Waals surface area contributed by atoms with Gasteiger partial charge in [-0.25, -0.2) is 13.8 Å². The maximum absolute atomic E-state index is 13.0. The predicted molar refractivity (Wildman–Crippen MR) is 116 cm³/mol. The van der Waals surface area contributed by atoms with Crippen molar-refractivity contribution in [2.45, 2.75) is 48.3 Å². The predicted octanol–water partition coefficient (Wildman–Crippen LogP) is 2.06. The lowest BCUT2D eigenvalue weighted by Gasteiger charge is -2.32. The van der Waals surface area contributed by atoms with E-state index in [-0.39, 0.29) is 18.0 Å². The Kier molecular flexibility index (Phi) is 7.62. The Morgan fingerprint density at radius 3 is 2.53 bits per heavy atom. The minimum absolute atomic E-state index is 0.142. The summed E-state index contributed by atoms with van der Waals surface area (Å²) in [4.78, 5) is 24.8. The molecule has 0 saturated carbocycles. The van der Waals surface area contributed by atoms with Gasteiger partial charge in [0.2, 0.25) is 15.9 Å². The number of carbonyl (C=O) groups is 2. The summed E-state index contributed by atoms with van der Waals surface area (Å²) < 4.78 is 27.6. The molecule has 2 saturated heterocycles. The van der Waals surface area contributed by atoms with Gasteiger partial charge >= 0.3 is 0 Å². The Balaban J connectivity index is 1.72. The van der Waals surface area contributed by atoms with Crippen LogP contribution in [-0.4, -0.2) is 66.5 Å². The molecule has 2 unspecified atom stereocenters. The number of hydrogen-bond donors (Lipinski definition) is 2. The van der Waals surface area contributed by atoms with Gasteiger partial charge in [0.15, 0.2) is 0 Å². The van der Waals surface area contributed by atoms with Gasteiger partial charge in [-0.1, -0.05) is 18.9 Å². The van der Waals surface area contributed by atoms with Gasteiger partial charge in [-0.15, -0.1) is 23.2 Å². The van der Waals surface area contributed by atoms with E-state index in [1.807, 2.05) is 0 Å². The third kappa shape index (κ3) is 5.26. The molecule has 2 atom stereocenters. The average molecular weight is 477 g/mol. The van der Waals surface area contributed by atoms with Crippen molar-refractivity contribution in [3.8, 4) is 0 Å². The van der Waals surface area contributed by atoms with Crippen molar-refractivity contribution in [2.75, 3.05) is 31.5 Å². The van der Waals surface area contributed by atoms with Crippen LogP contribution in [0.15, 0.2) is 23.1 Å². The number of carbonyl (C=O) groups excluding carboxylic acids is 2. The van der Waals surface area contributed by atoms with Crippen LogP contribution in [0.5, 0.6) is 0 Å². The van der Waals surface area contributed by atoms with Crippen LogP contribution in [0.25, 0.3) is 0 Å². The Morgan fingerprint density at radius 1 is 1.20 bits per heavy atom. The molecule has 1 aromatic carbocycles. The number of hydrogen-bond acceptors (Lipinski definition) is 5. The molecule has 2 amide bonds. The number of rotatable bonds is 5. The highest BCUT2D eigenvalue weighted by Crippen LogP contribution is 2.25. The summed E-state index contributed by atoms with van der Waals surface area (Å²) in [6.45, 7) is 2.77. The minimum Gasteiger partial charge on any atom is -0.324 e. The fourth-order valence-electron chi connectivity index (χ4n) is 3.48. The van der Waals surface area contributed by atoms with Crippen molar-refractivity contribution < 1.29 is 18.0 Å². The molecule has 0 radical (unpaired) electrons. The topological polar surface area (TPSA) is 98.8 Å². The average Bonchev–Trinajstić information content (AvgIpc) is 3.00. The number of aryl methyl sites for hydroxylation is 1. The standard InChI is InChI=1S/C19H26Cl2N4O4S/c1-13-6-7-14(30(28,29)24-8-4-2-3-5-9-24)10-16(13)23-17(26)12-25-19(27)18(21)15(20)11-22-25/h6-7,10,15,18,22H,2-5,8-9,11-12H2,1H3,(H,23,26). The number of alkyl halides is 2. The van der Waals surface area contributed by atoms with Gasteiger partial charge in [0.05, 0.1) is 10.3 Å². The number of sulfonamides is 1. The number of benzene rings is 1. The van der Waals surface area contributed by atoms with Crippen LogP contribution >= 0.6 is 23.2 Å². The third-order valence-electron chi connectivity index (χ3n) is 5.28. The molecule has 0 spiro atoms. The summed E-state index contributed by atoms with van der Waals surface area (Å²) in [6.07, 6.45) is 3.74. The number of halogens is 2. The Hall–Kier alpha value is -1.39. The van der Waals surface area contributed by atoms with Crippen LogP contribution in [0, 0.1) is 6.92 Å². The summed E-state index contributed by atoms with van der Waals surface area (Å²) >= 11 is 11.9. The second kappa shape index (κ2) is 9.82. The number of hydrazine groups is 1. The van der Waals surface area contributed by atoms with Crippen molar-refractivity contribution in [1.29, 1.82) is 0 Å². The quantitative estimate of drug-likeness (QED) is 0.633. The number of amides is 2. The van der Waals surface area contributed by atoms with Crippen molar-refractivity contribution in [3.05, 3.63) is 23.8 Å². The zero-order chi connectivity index (χ0) is 21.9. The van der Waals surface area contributed by atoms with E-state index >= 15 is 0 Å². The van der Waals surface area contributed by atoms with Crippen molar-refractivity contribution in [1.82, 2.24) is 14.7 Å². The molecule has 11 heteroatoms. The maximum Gasteiger partial charge on any atom is 0.256 e. The van der Waals surface area contributed by atoms with Gasteiger partial charge in [0.25, 0.3) is 5.91 Å². The van der Waals surface area contributed by atoms with E-state index < -0.39 is 32.6 Å². The second-order valence-electron chi connectivity index (χ2n) is 7.55. The monoisotopic (exact) mass is 476 g/mol. The van der Waals surface area contributed by atoms with Crippen LogP contribution in [0.4, 0.5) is 5.69 Å². The van der Waals surface area contributed by atoms with Gasteiger partial charge in [-0.2, -0.15) is 4.31 Å². The summed E-state index contributed by atoms with van der Waals surface area (Å²) in [5.74, 6) is -0.951. The molecule has 3 rings (SSSR count). The molecule has 2 aliphatic rings. The highest BCUT2D eigenvalue weighted by Gasteiger charge is 2.35. The Morgan fingerprint density at radius 2 is 1.87 bits per heavy atom. The van der Waals surface area contributed by atoms with E-state index in [2.05, 4.69) is 10.7 Å². The first-order valence-electron chi connectivity index (χ1n) is 9.94. The van der Waals surface area contributed by atoms with E-state index in [1.54, 1.807) is 19.1 Å². The lowest BCUT2D eigenvalue weighted by Crippen LogP contribution is -2.58. The van der Waals surface area contributed by atoms with Gasteiger partial charge in [-0.3, -0.25) is 14.6 Å². The van der Waals surface area contributed by atoms with Gasteiger partial charge in [0, 0.05) is 25.3 Å². The van der Waals surface area contributed by atoms with Crippen LogP contribution < -0.4 is 10.7 Å². The fraction of sp³-hybridized carbons (Fsp3) is 0.579. The zero-order valence-corrected chi connectivity index (χ0v) is 19.1. The SMILES string of the molecule is Cc1ccc(S(=O)(=O)N2CCCCCC2)cc1NC(=O)CN1NCC(Cl)C(Cl)C1=O. The van der Waals surface area contributed by atoms with Gasteiger partial charge in [0.1, 0.15) is 11.9 Å². The summed E-state index contributed by atoms with van der Waals surface area (Å²) in [5, 5.41) is 2.36. The number of nitrogens with zero attached hydrogens (tertiary/aromatic N) is 2. The van der Waals surface area contributed by atoms with Crippen LogP contribution in [0.3, 0.4) is 0 Å². The second-order valence-corrected chi connectivity index (χ2v) is 10.5. The van der Waals surface area contributed by atoms with E-state index in [0.717, 1.165) is 30.7 Å². The third-order valence-corrected chi connectivity index (χ3v) is 8.21. The van der Waals surface area contributed by atoms with Crippen LogP contribution in [0.1, 0.15) is 31.2 Å². The smallest absolute Gasteiger partial charge is 0.256 e. The lowest BCUT2D eigenvalue weighted by atomic mass is 10.2. The van der Waals surface area contributed by atoms with Gasteiger partial charge < -0.3 is 5.32 Å². The van der Waals surface area contributed by atoms with E-state index in [4.69, 9.17) is 23.2 Å². The molecule has 8 nitrogen and oxygen atoms in total. The molecular weight excluding hydrogens is 451 g/mol. The first-order chi connectivity index (χ1) is 14.2. The number of anilines is 1. The van der Waals surface area contributed by atoms with Crippen molar-refractivity contribution >= 4 is 50.7 Å². The summed E-state index contributed by atoms with van der Waals surface area (Å²) in [5.41, 5.74) is 3.87. The molecule has 0 aromatic heterocycles. The van der Waals surface area contributed by atoms with Crippen molar-refractivity contribution in [2.24, 2.45) is 0 Å². The molecule has 1 aromatic rings. The highest BCUT2D eigenvalue weighted by molar-refractivity contribution is 7.89. The van der Waals surface area contributed by atoms with E-state index in [0.29, 0.717) is 24.3 Å². The summed E-state index contributed by atoms with van der Waals surface area (Å²) in [6, 6.07) is 4.69. The van der Waals surface area contributed by atoms with Crippen molar-refractivity contribution in [3.63, 3.8) is 0 Å². The highest BCUT2D eigenvalue weighted by atomic mass is 35.5. The lowest BCUT2D eigenvalue weighted by molar-refractivity contribution is -0.139. The normalized spacial score (nSPS) is 23.8. The molecule has 30 heavy (non-hydrogen) atoms. The summed E-state index contributed by atoms with van der Waals surface area (Å²) in [7, 11) is -3.64. The molecular formula is C19H26Cl2N4O4S. The number of nitrogens with one attached hydrogen (secondary N) is 2. The van der Waals surface area contributed by atoms with Crippen LogP contribution in [-0.2, 0) is 19.6 Å². The molecule has 2 heterocycles. The first kappa shape index (κ1) is 23.3. The Labute approximate surface area is 186 Å². The largest absolute Gasteiger partial charge is 0.324 e. The zero-order valence-electron chi connectivity index (χ0n) is 16.7. The molecule has 2 fully saturated rings. The minimum atomic E-state index is -3.64. The maximum atomic E-state index is 13.0. The van der Waals surface area contributed by atoms with E-state index in [1.165, 1.54) is 10.4 Å². The fourth-order valence-corrected chi connectivity index (χ4v) is 5.40.